The van der Waals surface area contributed by atoms with Crippen LogP contribution in [-0.4, -0.2) is 32.8 Å². The van der Waals surface area contributed by atoms with Crippen molar-refractivity contribution in [3.8, 4) is 5.69 Å². The third-order valence-electron chi connectivity index (χ3n) is 4.25. The second kappa shape index (κ2) is 7.28. The molecule has 1 aliphatic carbocycles. The molecule has 3 N–H and O–H groups in total. The van der Waals surface area contributed by atoms with Crippen LogP contribution in [0.1, 0.15) is 31.2 Å². The van der Waals surface area contributed by atoms with Crippen LogP contribution < -0.4 is 10.6 Å². The van der Waals surface area contributed by atoms with Gasteiger partial charge in [-0.3, -0.25) is 0 Å². The van der Waals surface area contributed by atoms with Gasteiger partial charge in [-0.2, -0.15) is 0 Å². The molecule has 0 bridgehead atoms. The maximum atomic E-state index is 12.1. The number of carbonyl (C=O) groups is 1. The summed E-state index contributed by atoms with van der Waals surface area (Å²) in [6.07, 6.45) is 8.33. The number of imidazole rings is 1. The van der Waals surface area contributed by atoms with Crippen molar-refractivity contribution in [3.05, 3.63) is 48.5 Å². The third kappa shape index (κ3) is 4.10. The van der Waals surface area contributed by atoms with Gasteiger partial charge in [0.15, 0.2) is 0 Å². The van der Waals surface area contributed by atoms with E-state index >= 15 is 0 Å². The van der Waals surface area contributed by atoms with Crippen molar-refractivity contribution >= 4 is 6.03 Å². The number of nitrogens with one attached hydrogen (secondary N) is 2. The van der Waals surface area contributed by atoms with Crippen molar-refractivity contribution in [2.24, 2.45) is 0 Å². The molecule has 6 nitrogen and oxygen atoms in total. The van der Waals surface area contributed by atoms with Gasteiger partial charge in [-0.15, -0.1) is 0 Å². The predicted molar refractivity (Wildman–Crippen MR) is 87.2 cm³/mol. The summed E-state index contributed by atoms with van der Waals surface area (Å²) in [5, 5.41) is 15.4. The van der Waals surface area contributed by atoms with Gasteiger partial charge >= 0.3 is 6.03 Å². The van der Waals surface area contributed by atoms with E-state index in [1.807, 2.05) is 35.0 Å². The number of hydrogen-bond acceptors (Lipinski definition) is 3. The molecule has 6 heteroatoms. The van der Waals surface area contributed by atoms with Crippen molar-refractivity contribution in [2.75, 3.05) is 0 Å². The summed E-state index contributed by atoms with van der Waals surface area (Å²) >= 11 is 0. The summed E-state index contributed by atoms with van der Waals surface area (Å²) < 4.78 is 1.93. The molecular formula is C17H22N4O2. The number of benzene rings is 1. The van der Waals surface area contributed by atoms with Gasteiger partial charge in [-0.05, 0) is 37.3 Å². The van der Waals surface area contributed by atoms with E-state index in [0.29, 0.717) is 6.54 Å². The van der Waals surface area contributed by atoms with Crippen molar-refractivity contribution in [1.29, 1.82) is 0 Å². The second-order valence-corrected chi connectivity index (χ2v) is 5.93. The molecule has 122 valence electrons. The number of carbonyl (C=O) groups excluding carboxylic acids is 1. The predicted octanol–water partition coefficient (Wildman–Crippen LogP) is 1.97. The van der Waals surface area contributed by atoms with Gasteiger partial charge in [0, 0.05) is 25.0 Å². The summed E-state index contributed by atoms with van der Waals surface area (Å²) in [5.41, 5.74) is 2.03. The number of aromatic nitrogens is 2. The number of urea groups is 1. The molecule has 1 aromatic heterocycles. The van der Waals surface area contributed by atoms with Gasteiger partial charge in [0.2, 0.25) is 0 Å². The SMILES string of the molecule is O=C(NCc1ccccc1-n1ccnc1)NC1CCC(O)CC1. The van der Waals surface area contributed by atoms with Crippen molar-refractivity contribution in [3.63, 3.8) is 0 Å². The molecule has 0 atom stereocenters. The molecule has 1 fully saturated rings. The highest BCUT2D eigenvalue weighted by atomic mass is 16.3. The number of nitrogens with zero attached hydrogens (tertiary/aromatic N) is 2. The summed E-state index contributed by atoms with van der Waals surface area (Å²) in [6, 6.07) is 7.91. The van der Waals surface area contributed by atoms with Gasteiger partial charge in [-0.25, -0.2) is 9.78 Å². The summed E-state index contributed by atoms with van der Waals surface area (Å²) in [6.45, 7) is 0.454. The van der Waals surface area contributed by atoms with Gasteiger partial charge in [-0.1, -0.05) is 18.2 Å². The first kappa shape index (κ1) is 15.6. The van der Waals surface area contributed by atoms with Gasteiger partial charge in [0.05, 0.1) is 18.1 Å². The van der Waals surface area contributed by atoms with E-state index in [2.05, 4.69) is 15.6 Å². The minimum atomic E-state index is -0.210. The van der Waals surface area contributed by atoms with Crippen LogP contribution in [0.5, 0.6) is 0 Å². The molecule has 2 aromatic rings. The molecule has 1 aromatic carbocycles. The van der Waals surface area contributed by atoms with Crippen molar-refractivity contribution in [1.82, 2.24) is 20.2 Å². The molecule has 2 amide bonds. The number of hydrogen-bond donors (Lipinski definition) is 3. The van der Waals surface area contributed by atoms with Crippen LogP contribution in [0.15, 0.2) is 43.0 Å². The Kier molecular flexibility index (Phi) is 4.92. The number of aliphatic hydroxyl groups excluding tert-OH is 1. The zero-order chi connectivity index (χ0) is 16.1. The molecule has 0 unspecified atom stereocenters. The minimum absolute atomic E-state index is 0.155. The van der Waals surface area contributed by atoms with E-state index < -0.39 is 0 Å². The Morgan fingerprint density at radius 2 is 2.04 bits per heavy atom. The maximum absolute atomic E-state index is 12.1. The standard InChI is InChI=1S/C17H22N4O2/c22-15-7-5-14(6-8-15)20-17(23)19-11-13-3-1-2-4-16(13)21-10-9-18-12-21/h1-4,9-10,12,14-15,22H,5-8,11H2,(H2,19,20,23). The lowest BCUT2D eigenvalue weighted by Gasteiger charge is -2.26. The zero-order valence-corrected chi connectivity index (χ0v) is 13.0. The summed E-state index contributed by atoms with van der Waals surface area (Å²) in [5.74, 6) is 0. The molecule has 0 spiro atoms. The van der Waals surface area contributed by atoms with E-state index in [1.54, 1.807) is 12.5 Å². The fourth-order valence-electron chi connectivity index (χ4n) is 2.95. The summed E-state index contributed by atoms with van der Waals surface area (Å²) in [4.78, 5) is 16.1. The Morgan fingerprint density at radius 1 is 1.26 bits per heavy atom. The normalized spacial score (nSPS) is 20.9. The van der Waals surface area contributed by atoms with Crippen LogP contribution in [0.2, 0.25) is 0 Å². The average molecular weight is 314 g/mol. The molecule has 3 rings (SSSR count). The monoisotopic (exact) mass is 314 g/mol. The number of amides is 2. The first-order valence-corrected chi connectivity index (χ1v) is 8.01. The van der Waals surface area contributed by atoms with Crippen LogP contribution >= 0.6 is 0 Å². The van der Waals surface area contributed by atoms with Crippen LogP contribution in [0.4, 0.5) is 4.79 Å². The summed E-state index contributed by atoms with van der Waals surface area (Å²) in [7, 11) is 0. The minimum Gasteiger partial charge on any atom is -0.393 e. The Bertz CT molecular complexity index is 634. The molecule has 0 aliphatic heterocycles. The van der Waals surface area contributed by atoms with Crippen LogP contribution in [0, 0.1) is 0 Å². The molecule has 1 heterocycles. The lowest BCUT2D eigenvalue weighted by molar-refractivity contribution is 0.117. The molecule has 23 heavy (non-hydrogen) atoms. The largest absolute Gasteiger partial charge is 0.393 e. The van der Waals surface area contributed by atoms with Crippen molar-refractivity contribution in [2.45, 2.75) is 44.4 Å². The van der Waals surface area contributed by atoms with Gasteiger partial charge < -0.3 is 20.3 Å². The number of rotatable bonds is 4. The Morgan fingerprint density at radius 3 is 2.78 bits per heavy atom. The third-order valence-corrected chi connectivity index (χ3v) is 4.25. The van der Waals surface area contributed by atoms with E-state index in [1.165, 1.54) is 0 Å². The highest BCUT2D eigenvalue weighted by Gasteiger charge is 2.20. The fourth-order valence-corrected chi connectivity index (χ4v) is 2.95. The van der Waals surface area contributed by atoms with Crippen molar-refractivity contribution < 1.29 is 9.90 Å². The van der Waals surface area contributed by atoms with Crippen LogP contribution in [0.25, 0.3) is 5.69 Å². The highest BCUT2D eigenvalue weighted by Crippen LogP contribution is 2.18. The number of aliphatic hydroxyl groups is 1. The first-order valence-electron chi connectivity index (χ1n) is 8.01. The van der Waals surface area contributed by atoms with Crippen LogP contribution in [-0.2, 0) is 6.54 Å². The van der Waals surface area contributed by atoms with E-state index in [-0.39, 0.29) is 18.2 Å². The van der Waals surface area contributed by atoms with Gasteiger partial charge in [0.25, 0.3) is 0 Å². The second-order valence-electron chi connectivity index (χ2n) is 5.93. The first-order chi connectivity index (χ1) is 11.2. The van der Waals surface area contributed by atoms with Gasteiger partial charge in [0.1, 0.15) is 0 Å². The lowest BCUT2D eigenvalue weighted by Crippen LogP contribution is -2.43. The zero-order valence-electron chi connectivity index (χ0n) is 13.0. The lowest BCUT2D eigenvalue weighted by atomic mass is 9.93. The fraction of sp³-hybridized carbons (Fsp3) is 0.412. The smallest absolute Gasteiger partial charge is 0.315 e. The Balaban J connectivity index is 1.55. The molecular weight excluding hydrogens is 292 g/mol. The highest BCUT2D eigenvalue weighted by molar-refractivity contribution is 5.74. The maximum Gasteiger partial charge on any atom is 0.315 e. The molecule has 1 aliphatic rings. The Labute approximate surface area is 135 Å². The number of para-hydroxylation sites is 1. The Hall–Kier alpha value is -2.34. The van der Waals surface area contributed by atoms with E-state index in [0.717, 1.165) is 36.9 Å². The molecule has 0 saturated heterocycles. The molecule has 1 saturated carbocycles. The topological polar surface area (TPSA) is 79.2 Å². The van der Waals surface area contributed by atoms with E-state index in [9.17, 15) is 9.90 Å². The van der Waals surface area contributed by atoms with Crippen LogP contribution in [0.3, 0.4) is 0 Å². The molecule has 0 radical (unpaired) electrons. The van der Waals surface area contributed by atoms with E-state index in [4.69, 9.17) is 0 Å². The quantitative estimate of drug-likeness (QED) is 0.807. The average Bonchev–Trinajstić information content (AvgIpc) is 3.10.